The third-order valence-corrected chi connectivity index (χ3v) is 6.10. The van der Waals surface area contributed by atoms with Crippen molar-refractivity contribution in [2.45, 2.75) is 4.90 Å². The summed E-state index contributed by atoms with van der Waals surface area (Å²) in [5.41, 5.74) is 1.37. The van der Waals surface area contributed by atoms with Crippen molar-refractivity contribution in [3.63, 3.8) is 0 Å². The molecular weight excluding hydrogens is 358 g/mol. The van der Waals surface area contributed by atoms with Crippen LogP contribution in [0.15, 0.2) is 45.9 Å². The SMILES string of the molecule is Cn1nccc1-c1nc(-c2ccc(S(=O)(=O)N3CCOCC3)cc2)no1. The van der Waals surface area contributed by atoms with E-state index in [0.717, 1.165) is 0 Å². The lowest BCUT2D eigenvalue weighted by Crippen LogP contribution is -2.40. The zero-order valence-corrected chi connectivity index (χ0v) is 14.9. The Balaban J connectivity index is 1.58. The summed E-state index contributed by atoms with van der Waals surface area (Å²) in [7, 11) is -1.74. The van der Waals surface area contributed by atoms with Crippen LogP contribution in [0.5, 0.6) is 0 Å². The zero-order valence-electron chi connectivity index (χ0n) is 14.1. The highest BCUT2D eigenvalue weighted by molar-refractivity contribution is 7.89. The van der Waals surface area contributed by atoms with Gasteiger partial charge in [0.05, 0.1) is 18.1 Å². The maximum atomic E-state index is 12.6. The van der Waals surface area contributed by atoms with Gasteiger partial charge in [0.1, 0.15) is 5.69 Å². The zero-order chi connectivity index (χ0) is 18.1. The monoisotopic (exact) mass is 375 g/mol. The first kappa shape index (κ1) is 16.9. The Morgan fingerprint density at radius 3 is 2.46 bits per heavy atom. The van der Waals surface area contributed by atoms with Gasteiger partial charge in [-0.3, -0.25) is 4.68 Å². The molecule has 1 aromatic carbocycles. The standard InChI is InChI=1S/C16H17N5O4S/c1-20-14(6-7-17-20)16-18-15(19-25-16)12-2-4-13(5-3-12)26(22,23)21-8-10-24-11-9-21/h2-7H,8-11H2,1H3. The third-order valence-electron chi connectivity index (χ3n) is 4.19. The molecule has 3 heterocycles. The van der Waals surface area contributed by atoms with Gasteiger partial charge in [-0.2, -0.15) is 14.4 Å². The van der Waals surface area contributed by atoms with Crippen LogP contribution < -0.4 is 0 Å². The number of hydrogen-bond acceptors (Lipinski definition) is 7. The number of benzene rings is 1. The highest BCUT2D eigenvalue weighted by Gasteiger charge is 2.26. The molecule has 10 heteroatoms. The summed E-state index contributed by atoms with van der Waals surface area (Å²) >= 11 is 0. The van der Waals surface area contributed by atoms with Crippen LogP contribution in [0.25, 0.3) is 23.0 Å². The minimum absolute atomic E-state index is 0.235. The topological polar surface area (TPSA) is 103 Å². The maximum Gasteiger partial charge on any atom is 0.276 e. The van der Waals surface area contributed by atoms with Crippen molar-refractivity contribution < 1.29 is 17.7 Å². The minimum Gasteiger partial charge on any atom is -0.379 e. The Bertz CT molecular complexity index is 1000. The number of morpholine rings is 1. The fourth-order valence-corrected chi connectivity index (χ4v) is 4.15. The molecule has 1 aliphatic rings. The average molecular weight is 375 g/mol. The number of aryl methyl sites for hydroxylation is 1. The number of nitrogens with zero attached hydrogens (tertiary/aromatic N) is 5. The van der Waals surface area contributed by atoms with E-state index in [4.69, 9.17) is 9.26 Å². The number of ether oxygens (including phenoxy) is 1. The summed E-state index contributed by atoms with van der Waals surface area (Å²) in [4.78, 5) is 4.59. The van der Waals surface area contributed by atoms with Gasteiger partial charge in [-0.1, -0.05) is 5.16 Å². The van der Waals surface area contributed by atoms with Crippen molar-refractivity contribution in [3.05, 3.63) is 36.5 Å². The Morgan fingerprint density at radius 1 is 1.08 bits per heavy atom. The van der Waals surface area contributed by atoms with Gasteiger partial charge in [0.15, 0.2) is 0 Å². The van der Waals surface area contributed by atoms with E-state index in [1.807, 2.05) is 0 Å². The average Bonchev–Trinajstić information content (AvgIpc) is 3.31. The van der Waals surface area contributed by atoms with E-state index >= 15 is 0 Å². The van der Waals surface area contributed by atoms with Crippen LogP contribution >= 0.6 is 0 Å². The number of rotatable bonds is 4. The first-order chi connectivity index (χ1) is 12.6. The minimum atomic E-state index is -3.52. The van der Waals surface area contributed by atoms with Crippen molar-refractivity contribution in [1.82, 2.24) is 24.2 Å². The molecule has 26 heavy (non-hydrogen) atoms. The molecule has 0 amide bonds. The molecule has 0 atom stereocenters. The first-order valence-electron chi connectivity index (χ1n) is 8.06. The first-order valence-corrected chi connectivity index (χ1v) is 9.50. The summed E-state index contributed by atoms with van der Waals surface area (Å²) in [6.07, 6.45) is 1.64. The third kappa shape index (κ3) is 3.02. The van der Waals surface area contributed by atoms with Crippen molar-refractivity contribution >= 4 is 10.0 Å². The van der Waals surface area contributed by atoms with Crippen molar-refractivity contribution in [1.29, 1.82) is 0 Å². The molecule has 0 radical (unpaired) electrons. The lowest BCUT2D eigenvalue weighted by atomic mass is 10.2. The lowest BCUT2D eigenvalue weighted by molar-refractivity contribution is 0.0730. The highest BCUT2D eigenvalue weighted by atomic mass is 32.2. The molecule has 4 rings (SSSR count). The van der Waals surface area contributed by atoms with E-state index in [-0.39, 0.29) is 4.90 Å². The Labute approximate surface area is 150 Å². The molecule has 0 N–H and O–H groups in total. The van der Waals surface area contributed by atoms with E-state index in [1.165, 1.54) is 4.31 Å². The Morgan fingerprint density at radius 2 is 1.81 bits per heavy atom. The number of aromatic nitrogens is 4. The van der Waals surface area contributed by atoms with Crippen molar-refractivity contribution in [3.8, 4) is 23.0 Å². The fourth-order valence-electron chi connectivity index (χ4n) is 2.74. The molecule has 1 fully saturated rings. The van der Waals surface area contributed by atoms with Gasteiger partial charge in [-0.25, -0.2) is 8.42 Å². The fraction of sp³-hybridized carbons (Fsp3) is 0.312. The summed E-state index contributed by atoms with van der Waals surface area (Å²) < 4.78 is 38.8. The van der Waals surface area contributed by atoms with Crippen LogP contribution in [0.4, 0.5) is 0 Å². The van der Waals surface area contributed by atoms with Gasteiger partial charge in [-0.05, 0) is 30.3 Å². The van der Waals surface area contributed by atoms with E-state index < -0.39 is 10.0 Å². The van der Waals surface area contributed by atoms with E-state index in [2.05, 4.69) is 15.2 Å². The van der Waals surface area contributed by atoms with E-state index in [9.17, 15) is 8.42 Å². The molecule has 0 bridgehead atoms. The second-order valence-electron chi connectivity index (χ2n) is 5.80. The predicted molar refractivity (Wildman–Crippen MR) is 91.5 cm³/mol. The lowest BCUT2D eigenvalue weighted by Gasteiger charge is -2.26. The molecule has 0 unspecified atom stereocenters. The molecule has 136 valence electrons. The van der Waals surface area contributed by atoms with Crippen LogP contribution in [0, 0.1) is 0 Å². The molecule has 0 spiro atoms. The van der Waals surface area contributed by atoms with Crippen LogP contribution in [0.1, 0.15) is 0 Å². The summed E-state index contributed by atoms with van der Waals surface area (Å²) in [6, 6.07) is 8.23. The normalized spacial score (nSPS) is 16.0. The number of hydrogen-bond donors (Lipinski definition) is 0. The second-order valence-corrected chi connectivity index (χ2v) is 7.74. The molecule has 1 saturated heterocycles. The van der Waals surface area contributed by atoms with E-state index in [1.54, 1.807) is 48.3 Å². The highest BCUT2D eigenvalue weighted by Crippen LogP contribution is 2.24. The largest absolute Gasteiger partial charge is 0.379 e. The van der Waals surface area contributed by atoms with E-state index in [0.29, 0.717) is 49.3 Å². The van der Waals surface area contributed by atoms with Crippen molar-refractivity contribution in [2.75, 3.05) is 26.3 Å². The molecule has 3 aromatic rings. The number of sulfonamides is 1. The van der Waals surface area contributed by atoms with Crippen molar-refractivity contribution in [2.24, 2.45) is 7.05 Å². The summed E-state index contributed by atoms with van der Waals surface area (Å²) in [6.45, 7) is 1.56. The summed E-state index contributed by atoms with van der Waals surface area (Å²) in [5, 5.41) is 8.03. The van der Waals surface area contributed by atoms with Crippen LogP contribution in [0.3, 0.4) is 0 Å². The van der Waals surface area contributed by atoms with Crippen LogP contribution in [-0.2, 0) is 21.8 Å². The van der Waals surface area contributed by atoms with Gasteiger partial charge in [0.2, 0.25) is 15.8 Å². The smallest absolute Gasteiger partial charge is 0.276 e. The molecular formula is C16H17N5O4S. The quantitative estimate of drug-likeness (QED) is 0.674. The van der Waals surface area contributed by atoms with Gasteiger partial charge in [0, 0.05) is 31.9 Å². The van der Waals surface area contributed by atoms with Gasteiger partial charge >= 0.3 is 0 Å². The van der Waals surface area contributed by atoms with Crippen LogP contribution in [0.2, 0.25) is 0 Å². The maximum absolute atomic E-state index is 12.6. The summed E-state index contributed by atoms with van der Waals surface area (Å²) in [5.74, 6) is 0.738. The molecule has 0 aliphatic carbocycles. The Kier molecular flexibility index (Phi) is 4.31. The Hall–Kier alpha value is -2.56. The molecule has 1 aliphatic heterocycles. The molecule has 0 saturated carbocycles. The molecule has 9 nitrogen and oxygen atoms in total. The van der Waals surface area contributed by atoms with Gasteiger partial charge < -0.3 is 9.26 Å². The second kappa shape index (κ2) is 6.63. The molecule has 2 aromatic heterocycles. The van der Waals surface area contributed by atoms with Gasteiger partial charge in [-0.15, -0.1) is 0 Å². The predicted octanol–water partition coefficient (Wildman–Crippen LogP) is 1.16. The van der Waals surface area contributed by atoms with Gasteiger partial charge in [0.25, 0.3) is 5.89 Å². The van der Waals surface area contributed by atoms with Crippen LogP contribution in [-0.4, -0.2) is 58.9 Å².